The van der Waals surface area contributed by atoms with Crippen LogP contribution < -0.4 is 15.1 Å². The fourth-order valence-electron chi connectivity index (χ4n) is 0.208. The first-order chi connectivity index (χ1) is 3.92. The van der Waals surface area contributed by atoms with Crippen LogP contribution in [0.4, 0.5) is 0 Å². The van der Waals surface area contributed by atoms with E-state index in [4.69, 9.17) is 0 Å². The molecule has 0 aliphatic carbocycles. The standard InChI is InChI=1S/C3H8NO4P/c1-3(5)4-2-9(6,7)8/h2H2,1H3,(H,4,5)(H2,6,7,8)/p-2. The van der Waals surface area contributed by atoms with E-state index in [1.807, 2.05) is 5.32 Å². The Labute approximate surface area is 52.2 Å². The Morgan fingerprint density at radius 2 is 2.11 bits per heavy atom. The third kappa shape index (κ3) is 7.62. The van der Waals surface area contributed by atoms with E-state index in [0.717, 1.165) is 6.92 Å². The van der Waals surface area contributed by atoms with Gasteiger partial charge in [-0.15, -0.1) is 0 Å². The second kappa shape index (κ2) is 2.96. The molecule has 0 atom stereocenters. The van der Waals surface area contributed by atoms with E-state index in [0.29, 0.717) is 0 Å². The lowest BCUT2D eigenvalue weighted by Gasteiger charge is -2.28. The van der Waals surface area contributed by atoms with Crippen molar-refractivity contribution in [2.45, 2.75) is 6.92 Å². The number of rotatable bonds is 2. The minimum atomic E-state index is -4.55. The average molecular weight is 151 g/mol. The van der Waals surface area contributed by atoms with Crippen LogP contribution in [0.25, 0.3) is 0 Å². The molecule has 9 heavy (non-hydrogen) atoms. The fourth-order valence-corrected chi connectivity index (χ4v) is 0.624. The van der Waals surface area contributed by atoms with Gasteiger partial charge in [0.1, 0.15) is 0 Å². The molecule has 0 rings (SSSR count). The maximum absolute atomic E-state index is 9.98. The van der Waals surface area contributed by atoms with Crippen molar-refractivity contribution in [3.8, 4) is 0 Å². The first-order valence-electron chi connectivity index (χ1n) is 2.17. The van der Waals surface area contributed by atoms with Crippen molar-refractivity contribution in [1.29, 1.82) is 0 Å². The summed E-state index contributed by atoms with van der Waals surface area (Å²) in [5, 5.41) is 1.86. The summed E-state index contributed by atoms with van der Waals surface area (Å²) in [7, 11) is -4.55. The van der Waals surface area contributed by atoms with E-state index in [9.17, 15) is 19.1 Å². The summed E-state index contributed by atoms with van der Waals surface area (Å²) >= 11 is 0. The lowest BCUT2D eigenvalue weighted by atomic mass is 10.7. The Kier molecular flexibility index (Phi) is 2.84. The normalized spacial score (nSPS) is 11.0. The van der Waals surface area contributed by atoms with Gasteiger partial charge in [0.25, 0.3) is 0 Å². The molecule has 0 spiro atoms. The smallest absolute Gasteiger partial charge is 0.217 e. The van der Waals surface area contributed by atoms with Gasteiger partial charge in [0.15, 0.2) is 0 Å². The van der Waals surface area contributed by atoms with Gasteiger partial charge < -0.3 is 19.7 Å². The van der Waals surface area contributed by atoms with E-state index in [-0.39, 0.29) is 0 Å². The number of carbonyl (C=O) groups is 1. The predicted molar refractivity (Wildman–Crippen MR) is 26.3 cm³/mol. The highest BCUT2D eigenvalue weighted by molar-refractivity contribution is 7.48. The molecule has 0 saturated heterocycles. The molecule has 0 fully saturated rings. The zero-order valence-electron chi connectivity index (χ0n) is 4.79. The molecule has 1 amide bonds. The van der Waals surface area contributed by atoms with E-state index >= 15 is 0 Å². The van der Waals surface area contributed by atoms with Gasteiger partial charge in [-0.2, -0.15) is 0 Å². The van der Waals surface area contributed by atoms with Gasteiger partial charge in [-0.25, -0.2) is 0 Å². The average Bonchev–Trinajstić information content (AvgIpc) is 1.59. The molecule has 0 heterocycles. The van der Waals surface area contributed by atoms with Gasteiger partial charge in [0, 0.05) is 13.2 Å². The van der Waals surface area contributed by atoms with Crippen LogP contribution in [0.15, 0.2) is 0 Å². The van der Waals surface area contributed by atoms with Gasteiger partial charge >= 0.3 is 0 Å². The number of hydrogen-bond donors (Lipinski definition) is 1. The van der Waals surface area contributed by atoms with Crippen molar-refractivity contribution in [1.82, 2.24) is 5.32 Å². The molecule has 0 radical (unpaired) electrons. The van der Waals surface area contributed by atoms with Crippen molar-refractivity contribution in [2.24, 2.45) is 0 Å². The van der Waals surface area contributed by atoms with Crippen LogP contribution >= 0.6 is 7.60 Å². The molecule has 0 aromatic carbocycles. The molecule has 0 aliphatic rings. The predicted octanol–water partition coefficient (Wildman–Crippen LogP) is -2.01. The summed E-state index contributed by atoms with van der Waals surface area (Å²) in [5.41, 5.74) is 0. The van der Waals surface area contributed by atoms with E-state index in [1.165, 1.54) is 0 Å². The number of hydrogen-bond acceptors (Lipinski definition) is 4. The maximum Gasteiger partial charge on any atom is 0.217 e. The summed E-state index contributed by atoms with van der Waals surface area (Å²) in [5.74, 6) is -0.526. The SMILES string of the molecule is CC(=O)NCP(=O)([O-])[O-]. The highest BCUT2D eigenvalue weighted by Gasteiger charge is 1.91. The van der Waals surface area contributed by atoms with Crippen LogP contribution in [-0.2, 0) is 9.36 Å². The molecule has 1 N–H and O–H groups in total. The van der Waals surface area contributed by atoms with Crippen molar-refractivity contribution in [3.05, 3.63) is 0 Å². The summed E-state index contributed by atoms with van der Waals surface area (Å²) < 4.78 is 9.79. The fraction of sp³-hybridized carbons (Fsp3) is 0.667. The second-order valence-corrected chi connectivity index (χ2v) is 3.04. The highest BCUT2D eigenvalue weighted by atomic mass is 31.2. The van der Waals surface area contributed by atoms with Crippen LogP contribution in [0.5, 0.6) is 0 Å². The van der Waals surface area contributed by atoms with Crippen molar-refractivity contribution < 1.29 is 19.1 Å². The van der Waals surface area contributed by atoms with Crippen LogP contribution in [0.2, 0.25) is 0 Å². The molecular formula is C3H6NO4P-2. The topological polar surface area (TPSA) is 92.3 Å². The van der Waals surface area contributed by atoms with Gasteiger partial charge in [-0.05, 0) is 7.60 Å². The molecule has 0 bridgehead atoms. The van der Waals surface area contributed by atoms with Crippen molar-refractivity contribution in [3.63, 3.8) is 0 Å². The first-order valence-corrected chi connectivity index (χ1v) is 3.90. The zero-order chi connectivity index (χ0) is 7.49. The molecule has 54 valence electrons. The third-order valence-electron chi connectivity index (χ3n) is 0.522. The second-order valence-electron chi connectivity index (χ2n) is 1.50. The Bertz CT molecular complexity index is 150. The quantitative estimate of drug-likeness (QED) is 0.461. The summed E-state index contributed by atoms with van der Waals surface area (Å²) in [4.78, 5) is 29.6. The van der Waals surface area contributed by atoms with E-state index in [1.54, 1.807) is 0 Å². The Morgan fingerprint density at radius 3 is 2.22 bits per heavy atom. The van der Waals surface area contributed by atoms with Gasteiger partial charge in [-0.3, -0.25) is 4.79 Å². The zero-order valence-corrected chi connectivity index (χ0v) is 5.68. The summed E-state index contributed by atoms with van der Waals surface area (Å²) in [6, 6.07) is 0. The maximum atomic E-state index is 9.98. The van der Waals surface area contributed by atoms with E-state index < -0.39 is 19.8 Å². The van der Waals surface area contributed by atoms with Gasteiger partial charge in [0.05, 0.1) is 0 Å². The van der Waals surface area contributed by atoms with Crippen LogP contribution in [0.1, 0.15) is 6.92 Å². The molecule has 0 unspecified atom stereocenters. The van der Waals surface area contributed by atoms with Crippen molar-refractivity contribution >= 4 is 13.5 Å². The Balaban J connectivity index is 3.53. The third-order valence-corrected chi connectivity index (χ3v) is 1.07. The summed E-state index contributed by atoms with van der Waals surface area (Å²) in [6.07, 6.45) is -0.803. The largest absolute Gasteiger partial charge is 0.810 e. The number of nitrogens with one attached hydrogen (secondary N) is 1. The molecule has 5 nitrogen and oxygen atoms in total. The van der Waals surface area contributed by atoms with Crippen LogP contribution in [-0.4, -0.2) is 12.2 Å². The summed E-state index contributed by atoms with van der Waals surface area (Å²) in [6.45, 7) is 1.13. The van der Waals surface area contributed by atoms with E-state index in [2.05, 4.69) is 0 Å². The van der Waals surface area contributed by atoms with Crippen LogP contribution in [0.3, 0.4) is 0 Å². The minimum Gasteiger partial charge on any atom is -0.810 e. The monoisotopic (exact) mass is 151 g/mol. The van der Waals surface area contributed by atoms with Crippen molar-refractivity contribution in [2.75, 3.05) is 6.29 Å². The lowest BCUT2D eigenvalue weighted by Crippen LogP contribution is -2.29. The first kappa shape index (κ1) is 8.62. The van der Waals surface area contributed by atoms with Gasteiger partial charge in [-0.1, -0.05) is 0 Å². The Morgan fingerprint density at radius 1 is 1.67 bits per heavy atom. The van der Waals surface area contributed by atoms with Crippen LogP contribution in [0, 0.1) is 0 Å². The highest BCUT2D eigenvalue weighted by Crippen LogP contribution is 2.19. The molecule has 6 heteroatoms. The number of amides is 1. The number of carbonyl (C=O) groups excluding carboxylic acids is 1. The van der Waals surface area contributed by atoms with Gasteiger partial charge in [0.2, 0.25) is 5.91 Å². The Hall–Kier alpha value is -0.380. The minimum absolute atomic E-state index is 0.526. The molecule has 0 saturated carbocycles. The lowest BCUT2D eigenvalue weighted by molar-refractivity contribution is -0.313. The molecular weight excluding hydrogens is 145 g/mol. The molecule has 0 aromatic heterocycles. The molecule has 0 aromatic rings. The molecule has 0 aliphatic heterocycles.